The highest BCUT2D eigenvalue weighted by Gasteiger charge is 2.33. The number of carbonyl (C=O) groups is 1. The van der Waals surface area contributed by atoms with Crippen molar-refractivity contribution in [2.24, 2.45) is 5.92 Å². The minimum atomic E-state index is -0.0172. The van der Waals surface area contributed by atoms with E-state index in [0.29, 0.717) is 17.0 Å². The van der Waals surface area contributed by atoms with Crippen LogP contribution in [0, 0.1) is 5.92 Å². The van der Waals surface area contributed by atoms with Crippen molar-refractivity contribution >= 4 is 22.4 Å². The van der Waals surface area contributed by atoms with Crippen molar-refractivity contribution in [3.8, 4) is 0 Å². The highest BCUT2D eigenvalue weighted by Crippen LogP contribution is 2.35. The van der Waals surface area contributed by atoms with Gasteiger partial charge in [0.1, 0.15) is 0 Å². The molecule has 1 aliphatic rings. The maximum absolute atomic E-state index is 12.2. The van der Waals surface area contributed by atoms with Gasteiger partial charge in [0.05, 0.1) is 0 Å². The van der Waals surface area contributed by atoms with Gasteiger partial charge in [0, 0.05) is 19.6 Å². The molecule has 100 valence electrons. The molecule has 1 saturated carbocycles. The molecular weight excluding hydrogens is 248 g/mol. The van der Waals surface area contributed by atoms with Gasteiger partial charge in [-0.1, -0.05) is 18.3 Å². The summed E-state index contributed by atoms with van der Waals surface area (Å²) in [4.78, 5) is 14.0. The SMILES string of the molecule is CCCNc1nnc(C(=O)N(C)C(C)C2CC2)s1. The first-order valence-corrected chi connectivity index (χ1v) is 7.29. The van der Waals surface area contributed by atoms with E-state index in [4.69, 9.17) is 0 Å². The van der Waals surface area contributed by atoms with Crippen LogP contribution in [0.4, 0.5) is 5.13 Å². The third-order valence-electron chi connectivity index (χ3n) is 3.37. The van der Waals surface area contributed by atoms with E-state index in [-0.39, 0.29) is 5.91 Å². The van der Waals surface area contributed by atoms with E-state index in [2.05, 4.69) is 29.4 Å². The lowest BCUT2D eigenvalue weighted by molar-refractivity contribution is 0.0726. The molecule has 5 nitrogen and oxygen atoms in total. The van der Waals surface area contributed by atoms with Crippen LogP contribution in [0.25, 0.3) is 0 Å². The van der Waals surface area contributed by atoms with Crippen LogP contribution < -0.4 is 5.32 Å². The summed E-state index contributed by atoms with van der Waals surface area (Å²) in [6.07, 6.45) is 3.50. The number of hydrogen-bond acceptors (Lipinski definition) is 5. The van der Waals surface area contributed by atoms with E-state index in [1.165, 1.54) is 24.2 Å². The third kappa shape index (κ3) is 2.98. The molecule has 1 aromatic rings. The average molecular weight is 268 g/mol. The first-order chi connectivity index (χ1) is 8.63. The lowest BCUT2D eigenvalue weighted by atomic mass is 10.2. The van der Waals surface area contributed by atoms with Crippen molar-refractivity contribution in [3.05, 3.63) is 5.01 Å². The zero-order chi connectivity index (χ0) is 13.1. The molecule has 0 spiro atoms. The summed E-state index contributed by atoms with van der Waals surface area (Å²) in [5.74, 6) is 0.654. The van der Waals surface area contributed by atoms with Crippen molar-refractivity contribution in [1.29, 1.82) is 0 Å². The molecule has 1 atom stereocenters. The van der Waals surface area contributed by atoms with Gasteiger partial charge in [-0.05, 0) is 32.1 Å². The number of rotatable bonds is 6. The monoisotopic (exact) mass is 268 g/mol. The zero-order valence-electron chi connectivity index (χ0n) is 11.1. The molecule has 2 rings (SSSR count). The van der Waals surface area contributed by atoms with Gasteiger partial charge in [-0.25, -0.2) is 0 Å². The van der Waals surface area contributed by atoms with E-state index < -0.39 is 0 Å². The van der Waals surface area contributed by atoms with Gasteiger partial charge in [-0.2, -0.15) is 0 Å². The fourth-order valence-corrected chi connectivity index (χ4v) is 2.60. The van der Waals surface area contributed by atoms with Crippen molar-refractivity contribution in [2.75, 3.05) is 18.9 Å². The minimum Gasteiger partial charge on any atom is -0.360 e. The Morgan fingerprint density at radius 3 is 2.89 bits per heavy atom. The van der Waals surface area contributed by atoms with Crippen molar-refractivity contribution in [1.82, 2.24) is 15.1 Å². The Morgan fingerprint density at radius 1 is 1.56 bits per heavy atom. The second kappa shape index (κ2) is 5.65. The van der Waals surface area contributed by atoms with Gasteiger partial charge in [0.2, 0.25) is 10.1 Å². The average Bonchev–Trinajstić information content (AvgIpc) is 3.12. The van der Waals surface area contributed by atoms with Crippen LogP contribution >= 0.6 is 11.3 Å². The molecule has 0 bridgehead atoms. The van der Waals surface area contributed by atoms with E-state index in [9.17, 15) is 4.79 Å². The molecule has 0 aromatic carbocycles. The standard InChI is InChI=1S/C12H20N4OS/c1-4-7-13-12-15-14-10(18-12)11(17)16(3)8(2)9-5-6-9/h8-9H,4-7H2,1-3H3,(H,13,15). The quantitative estimate of drug-likeness (QED) is 0.859. The Balaban J connectivity index is 1.96. The van der Waals surface area contributed by atoms with E-state index in [1.807, 2.05) is 7.05 Å². The lowest BCUT2D eigenvalue weighted by Gasteiger charge is -2.23. The normalized spacial score (nSPS) is 16.4. The molecule has 1 fully saturated rings. The highest BCUT2D eigenvalue weighted by molar-refractivity contribution is 7.17. The van der Waals surface area contributed by atoms with E-state index in [1.54, 1.807) is 4.90 Å². The Hall–Kier alpha value is -1.17. The second-order valence-corrected chi connectivity index (χ2v) is 5.81. The van der Waals surface area contributed by atoms with Gasteiger partial charge in [-0.15, -0.1) is 10.2 Å². The van der Waals surface area contributed by atoms with Crippen LogP contribution in [0.2, 0.25) is 0 Å². The number of anilines is 1. The minimum absolute atomic E-state index is 0.0172. The van der Waals surface area contributed by atoms with Gasteiger partial charge in [0.25, 0.3) is 5.91 Å². The molecule has 1 unspecified atom stereocenters. The van der Waals surface area contributed by atoms with Crippen LogP contribution in [0.15, 0.2) is 0 Å². The summed E-state index contributed by atoms with van der Waals surface area (Å²) < 4.78 is 0. The molecule has 6 heteroatoms. The van der Waals surface area contributed by atoms with E-state index >= 15 is 0 Å². The summed E-state index contributed by atoms with van der Waals surface area (Å²) in [6, 6.07) is 0.299. The van der Waals surface area contributed by atoms with E-state index in [0.717, 1.165) is 18.1 Å². The Labute approximate surface area is 112 Å². The van der Waals surface area contributed by atoms with Crippen LogP contribution in [-0.4, -0.2) is 40.6 Å². The maximum atomic E-state index is 12.2. The summed E-state index contributed by atoms with van der Waals surface area (Å²) >= 11 is 1.33. The fraction of sp³-hybridized carbons (Fsp3) is 0.750. The van der Waals surface area contributed by atoms with Gasteiger partial charge < -0.3 is 10.2 Å². The Bertz CT molecular complexity index is 416. The van der Waals surface area contributed by atoms with Crippen LogP contribution in [0.5, 0.6) is 0 Å². The highest BCUT2D eigenvalue weighted by atomic mass is 32.1. The number of carbonyl (C=O) groups excluding carboxylic acids is 1. The summed E-state index contributed by atoms with van der Waals surface area (Å²) in [5.41, 5.74) is 0. The molecule has 0 radical (unpaired) electrons. The molecular formula is C12H20N4OS. The van der Waals surface area contributed by atoms with Crippen molar-refractivity contribution in [3.63, 3.8) is 0 Å². The number of aromatic nitrogens is 2. The summed E-state index contributed by atoms with van der Waals surface area (Å²) in [7, 11) is 1.85. The van der Waals surface area contributed by atoms with Crippen LogP contribution in [-0.2, 0) is 0 Å². The zero-order valence-corrected chi connectivity index (χ0v) is 12.0. The molecule has 1 N–H and O–H groups in total. The van der Waals surface area contributed by atoms with Gasteiger partial charge in [-0.3, -0.25) is 4.79 Å². The van der Waals surface area contributed by atoms with Crippen LogP contribution in [0.1, 0.15) is 42.9 Å². The van der Waals surface area contributed by atoms with Gasteiger partial charge >= 0.3 is 0 Å². The molecule has 1 aromatic heterocycles. The molecule has 1 heterocycles. The molecule has 1 amide bonds. The smallest absolute Gasteiger partial charge is 0.284 e. The molecule has 0 aliphatic heterocycles. The number of nitrogens with one attached hydrogen (secondary N) is 1. The largest absolute Gasteiger partial charge is 0.360 e. The maximum Gasteiger partial charge on any atom is 0.284 e. The topological polar surface area (TPSA) is 58.1 Å². The lowest BCUT2D eigenvalue weighted by Crippen LogP contribution is -2.36. The first-order valence-electron chi connectivity index (χ1n) is 6.48. The van der Waals surface area contributed by atoms with Crippen molar-refractivity contribution < 1.29 is 4.79 Å². The van der Waals surface area contributed by atoms with Gasteiger partial charge in [0.15, 0.2) is 0 Å². The first kappa shape index (κ1) is 13.3. The van der Waals surface area contributed by atoms with Crippen LogP contribution in [0.3, 0.4) is 0 Å². The molecule has 0 saturated heterocycles. The predicted octanol–water partition coefficient (Wildman–Crippen LogP) is 2.23. The number of amides is 1. The molecule has 1 aliphatic carbocycles. The Kier molecular flexibility index (Phi) is 4.16. The fourth-order valence-electron chi connectivity index (χ4n) is 1.84. The third-order valence-corrected chi connectivity index (χ3v) is 4.24. The number of nitrogens with zero attached hydrogens (tertiary/aromatic N) is 3. The summed E-state index contributed by atoms with van der Waals surface area (Å²) in [5, 5.41) is 12.3. The Morgan fingerprint density at radius 2 is 2.28 bits per heavy atom. The summed E-state index contributed by atoms with van der Waals surface area (Å²) in [6.45, 7) is 5.05. The second-order valence-electron chi connectivity index (χ2n) is 4.83. The molecule has 18 heavy (non-hydrogen) atoms. The van der Waals surface area contributed by atoms with Crippen molar-refractivity contribution in [2.45, 2.75) is 39.2 Å². The predicted molar refractivity (Wildman–Crippen MR) is 73.0 cm³/mol. The number of hydrogen-bond donors (Lipinski definition) is 1.